The van der Waals surface area contributed by atoms with Crippen molar-refractivity contribution in [3.8, 4) is 0 Å². The first kappa shape index (κ1) is 13.1. The fourth-order valence-electron chi connectivity index (χ4n) is 2.48. The van der Waals surface area contributed by atoms with Crippen molar-refractivity contribution in [1.29, 1.82) is 0 Å². The van der Waals surface area contributed by atoms with E-state index in [9.17, 15) is 4.79 Å². The molecule has 1 saturated heterocycles. The van der Waals surface area contributed by atoms with E-state index in [0.29, 0.717) is 5.92 Å². The summed E-state index contributed by atoms with van der Waals surface area (Å²) in [5.41, 5.74) is 0.778. The Morgan fingerprint density at radius 1 is 1.61 bits per heavy atom. The third kappa shape index (κ3) is 3.35. The molecule has 1 aromatic rings. The largest absolute Gasteiger partial charge is 0.350 e. The van der Waals surface area contributed by atoms with Crippen molar-refractivity contribution in [2.45, 2.75) is 32.7 Å². The Bertz CT molecular complexity index is 380. The van der Waals surface area contributed by atoms with Gasteiger partial charge in [-0.2, -0.15) is 0 Å². The van der Waals surface area contributed by atoms with E-state index in [1.165, 1.54) is 12.8 Å². The zero-order valence-electron chi connectivity index (χ0n) is 11.1. The Labute approximate surface area is 109 Å². The molecule has 1 aliphatic rings. The lowest BCUT2D eigenvalue weighted by atomic mass is 10.00. The molecule has 1 aliphatic heterocycles. The second-order valence-electron chi connectivity index (χ2n) is 5.01. The fraction of sp³-hybridized carbons (Fsp3) is 0.643. The van der Waals surface area contributed by atoms with E-state index in [1.54, 1.807) is 0 Å². The summed E-state index contributed by atoms with van der Waals surface area (Å²) in [6, 6.07) is 3.83. The molecule has 0 aromatic carbocycles. The summed E-state index contributed by atoms with van der Waals surface area (Å²) in [5.74, 6) is 0.635. The molecule has 2 rings (SSSR count). The van der Waals surface area contributed by atoms with Gasteiger partial charge in [-0.15, -0.1) is 0 Å². The van der Waals surface area contributed by atoms with Crippen LogP contribution in [-0.2, 0) is 6.54 Å². The number of carbonyl (C=O) groups excluding carboxylic acids is 1. The van der Waals surface area contributed by atoms with E-state index in [1.807, 2.05) is 22.9 Å². The maximum atomic E-state index is 12.1. The van der Waals surface area contributed by atoms with E-state index in [-0.39, 0.29) is 5.91 Å². The van der Waals surface area contributed by atoms with E-state index in [2.05, 4.69) is 17.6 Å². The predicted octanol–water partition coefficient (Wildman–Crippen LogP) is 1.63. The summed E-state index contributed by atoms with van der Waals surface area (Å²) in [7, 11) is 0. The SMILES string of the molecule is CCCn1cccc1C(=O)NCC1CCCNC1. The van der Waals surface area contributed by atoms with Crippen LogP contribution in [0.3, 0.4) is 0 Å². The highest BCUT2D eigenvalue weighted by Gasteiger charge is 2.15. The zero-order valence-corrected chi connectivity index (χ0v) is 11.1. The van der Waals surface area contributed by atoms with Gasteiger partial charge in [0.05, 0.1) is 0 Å². The molecule has 0 radical (unpaired) electrons. The third-order valence-corrected chi connectivity index (χ3v) is 3.48. The Balaban J connectivity index is 1.84. The summed E-state index contributed by atoms with van der Waals surface area (Å²) in [6.45, 7) is 5.94. The van der Waals surface area contributed by atoms with Crippen molar-refractivity contribution in [2.75, 3.05) is 19.6 Å². The van der Waals surface area contributed by atoms with Gasteiger partial charge in [0, 0.05) is 19.3 Å². The van der Waals surface area contributed by atoms with Crippen LogP contribution in [0.1, 0.15) is 36.7 Å². The molecule has 2 N–H and O–H groups in total. The summed E-state index contributed by atoms with van der Waals surface area (Å²) >= 11 is 0. The number of carbonyl (C=O) groups is 1. The molecule has 18 heavy (non-hydrogen) atoms. The molecular weight excluding hydrogens is 226 g/mol. The van der Waals surface area contributed by atoms with Crippen LogP contribution >= 0.6 is 0 Å². The molecule has 1 fully saturated rings. The number of hydrogen-bond donors (Lipinski definition) is 2. The lowest BCUT2D eigenvalue weighted by Crippen LogP contribution is -2.38. The fourth-order valence-corrected chi connectivity index (χ4v) is 2.48. The van der Waals surface area contributed by atoms with Crippen molar-refractivity contribution in [3.05, 3.63) is 24.0 Å². The number of aromatic nitrogens is 1. The maximum absolute atomic E-state index is 12.1. The molecule has 2 heterocycles. The minimum Gasteiger partial charge on any atom is -0.350 e. The molecular formula is C14H23N3O. The van der Waals surface area contributed by atoms with Crippen molar-refractivity contribution < 1.29 is 4.79 Å². The number of nitrogens with one attached hydrogen (secondary N) is 2. The Hall–Kier alpha value is -1.29. The van der Waals surface area contributed by atoms with Gasteiger partial charge in [0.1, 0.15) is 5.69 Å². The van der Waals surface area contributed by atoms with Crippen LogP contribution in [0, 0.1) is 5.92 Å². The van der Waals surface area contributed by atoms with E-state index in [4.69, 9.17) is 0 Å². The first-order valence-corrected chi connectivity index (χ1v) is 6.95. The Morgan fingerprint density at radius 3 is 3.22 bits per heavy atom. The number of aryl methyl sites for hydroxylation is 1. The Kier molecular flexibility index (Phi) is 4.81. The van der Waals surface area contributed by atoms with Gasteiger partial charge in [0.2, 0.25) is 0 Å². The number of amides is 1. The highest BCUT2D eigenvalue weighted by atomic mass is 16.1. The van der Waals surface area contributed by atoms with Crippen LogP contribution < -0.4 is 10.6 Å². The second kappa shape index (κ2) is 6.59. The molecule has 0 aliphatic carbocycles. The molecule has 100 valence electrons. The standard InChI is InChI=1S/C14H23N3O/c1-2-8-17-9-4-6-13(17)14(18)16-11-12-5-3-7-15-10-12/h4,6,9,12,15H,2-3,5,7-8,10-11H2,1H3,(H,16,18). The normalized spacial score (nSPS) is 19.7. The quantitative estimate of drug-likeness (QED) is 0.833. The lowest BCUT2D eigenvalue weighted by Gasteiger charge is -2.23. The molecule has 1 atom stereocenters. The van der Waals surface area contributed by atoms with E-state index in [0.717, 1.165) is 38.3 Å². The van der Waals surface area contributed by atoms with Gasteiger partial charge in [-0.25, -0.2) is 0 Å². The summed E-state index contributed by atoms with van der Waals surface area (Å²) in [6.07, 6.45) is 5.44. The monoisotopic (exact) mass is 249 g/mol. The summed E-state index contributed by atoms with van der Waals surface area (Å²) in [4.78, 5) is 12.1. The molecule has 1 unspecified atom stereocenters. The third-order valence-electron chi connectivity index (χ3n) is 3.48. The lowest BCUT2D eigenvalue weighted by molar-refractivity contribution is 0.0935. The number of piperidine rings is 1. The second-order valence-corrected chi connectivity index (χ2v) is 5.01. The Morgan fingerprint density at radius 2 is 2.50 bits per heavy atom. The highest BCUT2D eigenvalue weighted by molar-refractivity contribution is 5.92. The van der Waals surface area contributed by atoms with Gasteiger partial charge < -0.3 is 15.2 Å². The van der Waals surface area contributed by atoms with E-state index < -0.39 is 0 Å². The molecule has 0 spiro atoms. The van der Waals surface area contributed by atoms with Crippen molar-refractivity contribution in [1.82, 2.24) is 15.2 Å². The molecule has 1 amide bonds. The first-order valence-electron chi connectivity index (χ1n) is 6.95. The summed E-state index contributed by atoms with van der Waals surface area (Å²) in [5, 5.41) is 6.42. The van der Waals surface area contributed by atoms with Crippen LogP contribution in [-0.4, -0.2) is 30.1 Å². The topological polar surface area (TPSA) is 46.1 Å². The van der Waals surface area contributed by atoms with Crippen molar-refractivity contribution in [2.24, 2.45) is 5.92 Å². The van der Waals surface area contributed by atoms with Crippen LogP contribution in [0.25, 0.3) is 0 Å². The minimum absolute atomic E-state index is 0.0547. The highest BCUT2D eigenvalue weighted by Crippen LogP contribution is 2.09. The van der Waals surface area contributed by atoms with Gasteiger partial charge >= 0.3 is 0 Å². The van der Waals surface area contributed by atoms with Gasteiger partial charge in [-0.1, -0.05) is 6.92 Å². The molecule has 4 nitrogen and oxygen atoms in total. The number of nitrogens with zero attached hydrogens (tertiary/aromatic N) is 1. The van der Waals surface area contributed by atoms with Crippen LogP contribution in [0.2, 0.25) is 0 Å². The first-order chi connectivity index (χ1) is 8.81. The van der Waals surface area contributed by atoms with Crippen molar-refractivity contribution in [3.63, 3.8) is 0 Å². The van der Waals surface area contributed by atoms with Gasteiger partial charge in [-0.3, -0.25) is 4.79 Å². The predicted molar refractivity (Wildman–Crippen MR) is 72.6 cm³/mol. The minimum atomic E-state index is 0.0547. The van der Waals surface area contributed by atoms with E-state index >= 15 is 0 Å². The average molecular weight is 249 g/mol. The molecule has 0 bridgehead atoms. The number of rotatable bonds is 5. The van der Waals surface area contributed by atoms with Crippen LogP contribution in [0.4, 0.5) is 0 Å². The van der Waals surface area contributed by atoms with Crippen LogP contribution in [0.5, 0.6) is 0 Å². The number of hydrogen-bond acceptors (Lipinski definition) is 2. The molecule has 1 aromatic heterocycles. The van der Waals surface area contributed by atoms with Crippen LogP contribution in [0.15, 0.2) is 18.3 Å². The van der Waals surface area contributed by atoms with Crippen molar-refractivity contribution >= 4 is 5.91 Å². The summed E-state index contributed by atoms with van der Waals surface area (Å²) < 4.78 is 2.02. The van der Waals surface area contributed by atoms with Gasteiger partial charge in [-0.05, 0) is 50.4 Å². The average Bonchev–Trinajstić information content (AvgIpc) is 2.86. The molecule has 0 saturated carbocycles. The van der Waals surface area contributed by atoms with Gasteiger partial charge in [0.15, 0.2) is 0 Å². The smallest absolute Gasteiger partial charge is 0.267 e. The maximum Gasteiger partial charge on any atom is 0.267 e. The molecule has 4 heteroatoms. The zero-order chi connectivity index (χ0) is 12.8. The van der Waals surface area contributed by atoms with Gasteiger partial charge in [0.25, 0.3) is 5.91 Å².